The van der Waals surface area contributed by atoms with Crippen LogP contribution >= 0.6 is 0 Å². The highest BCUT2D eigenvalue weighted by atomic mass is 16.5. The van der Waals surface area contributed by atoms with Crippen LogP contribution in [0.15, 0.2) is 58.9 Å². The standard InChI is InChI=1S/C33H46N4O5/c1-23(31-28(38)20-33(2,3)21-29(31)39)36-37(22-25-13-16-27(41-5)19-30(25)42-6)26-14-11-24(12-15-26)32(40)35-18-10-8-7-9-17-34-4/h11-16,19,34,38H,7-10,17-18,20-22H2,1-6H3,(H,35,40)/b36-23+. The van der Waals surface area contributed by atoms with Gasteiger partial charge in [-0.25, -0.2) is 0 Å². The van der Waals surface area contributed by atoms with E-state index in [9.17, 15) is 14.7 Å². The molecule has 42 heavy (non-hydrogen) atoms. The van der Waals surface area contributed by atoms with Gasteiger partial charge < -0.3 is 25.2 Å². The number of carbonyl (C=O) groups is 2. The molecule has 2 aromatic carbocycles. The summed E-state index contributed by atoms with van der Waals surface area (Å²) in [4.78, 5) is 25.7. The van der Waals surface area contributed by atoms with Gasteiger partial charge in [0.05, 0.1) is 37.7 Å². The van der Waals surface area contributed by atoms with E-state index in [-0.39, 0.29) is 28.4 Å². The molecule has 0 spiro atoms. The van der Waals surface area contributed by atoms with Crippen molar-refractivity contribution < 1.29 is 24.2 Å². The van der Waals surface area contributed by atoms with Gasteiger partial charge in [0.15, 0.2) is 5.78 Å². The van der Waals surface area contributed by atoms with Crippen LogP contribution < -0.4 is 25.1 Å². The smallest absolute Gasteiger partial charge is 0.251 e. The van der Waals surface area contributed by atoms with Crippen LogP contribution in [-0.2, 0) is 11.3 Å². The number of methoxy groups -OCH3 is 2. The molecule has 0 unspecified atom stereocenters. The lowest BCUT2D eigenvalue weighted by atomic mass is 9.76. The Labute approximate surface area is 250 Å². The highest BCUT2D eigenvalue weighted by molar-refractivity contribution is 6.22. The normalized spacial score (nSPS) is 15.0. The van der Waals surface area contributed by atoms with Crippen LogP contribution in [0, 0.1) is 5.41 Å². The van der Waals surface area contributed by atoms with Crippen molar-refractivity contribution in [3.8, 4) is 11.5 Å². The molecular formula is C33H46N4O5. The largest absolute Gasteiger partial charge is 0.511 e. The number of nitrogens with zero attached hydrogens (tertiary/aromatic N) is 2. The molecule has 9 heteroatoms. The van der Waals surface area contributed by atoms with E-state index in [1.54, 1.807) is 44.4 Å². The average Bonchev–Trinajstić information content (AvgIpc) is 2.95. The molecule has 2 aromatic rings. The van der Waals surface area contributed by atoms with Crippen molar-refractivity contribution in [3.63, 3.8) is 0 Å². The van der Waals surface area contributed by atoms with Crippen LogP contribution in [0.5, 0.6) is 11.5 Å². The topological polar surface area (TPSA) is 112 Å². The van der Waals surface area contributed by atoms with Crippen molar-refractivity contribution >= 4 is 23.1 Å². The monoisotopic (exact) mass is 578 g/mol. The average molecular weight is 579 g/mol. The number of rotatable bonds is 15. The molecular weight excluding hydrogens is 532 g/mol. The van der Waals surface area contributed by atoms with Gasteiger partial charge >= 0.3 is 0 Å². The number of nitrogens with one attached hydrogen (secondary N) is 2. The fourth-order valence-corrected chi connectivity index (χ4v) is 5.13. The van der Waals surface area contributed by atoms with Gasteiger partial charge in [0.2, 0.25) is 0 Å². The van der Waals surface area contributed by atoms with Crippen LogP contribution in [-0.4, -0.2) is 56.9 Å². The van der Waals surface area contributed by atoms with Crippen molar-refractivity contribution in [1.82, 2.24) is 10.6 Å². The molecule has 3 N–H and O–H groups in total. The SMILES string of the molecule is CNCCCCCCNC(=O)c1ccc(N(Cc2ccc(OC)cc2OC)/N=C(\C)C2=C(O)CC(C)(C)CC2=O)cc1. The maximum Gasteiger partial charge on any atom is 0.251 e. The zero-order valence-corrected chi connectivity index (χ0v) is 25.9. The molecule has 228 valence electrons. The summed E-state index contributed by atoms with van der Waals surface area (Å²) < 4.78 is 11.0. The van der Waals surface area contributed by atoms with E-state index in [1.807, 2.05) is 45.2 Å². The fourth-order valence-electron chi connectivity index (χ4n) is 5.13. The van der Waals surface area contributed by atoms with E-state index in [0.29, 0.717) is 48.7 Å². The van der Waals surface area contributed by atoms with E-state index in [2.05, 4.69) is 10.6 Å². The van der Waals surface area contributed by atoms with Crippen molar-refractivity contribution in [1.29, 1.82) is 0 Å². The number of aliphatic hydroxyl groups is 1. The summed E-state index contributed by atoms with van der Waals surface area (Å²) in [6.45, 7) is 7.64. The fraction of sp³-hybridized carbons (Fsp3) is 0.485. The maximum atomic E-state index is 13.0. The van der Waals surface area contributed by atoms with Gasteiger partial charge in [-0.15, -0.1) is 0 Å². The third-order valence-electron chi connectivity index (χ3n) is 7.37. The van der Waals surface area contributed by atoms with Crippen molar-refractivity contribution in [2.75, 3.05) is 39.4 Å². The zero-order valence-electron chi connectivity index (χ0n) is 25.9. The second-order valence-corrected chi connectivity index (χ2v) is 11.5. The molecule has 1 aliphatic carbocycles. The van der Waals surface area contributed by atoms with Gasteiger partial charge in [0.25, 0.3) is 5.91 Å². The number of ether oxygens (including phenoxy) is 2. The lowest BCUT2D eigenvalue weighted by Gasteiger charge is -2.30. The van der Waals surface area contributed by atoms with E-state index >= 15 is 0 Å². The Morgan fingerprint density at radius 1 is 1.00 bits per heavy atom. The van der Waals surface area contributed by atoms with Crippen LogP contribution in [0.4, 0.5) is 5.69 Å². The van der Waals surface area contributed by atoms with Gasteiger partial charge in [-0.1, -0.05) is 26.7 Å². The molecule has 0 bridgehead atoms. The van der Waals surface area contributed by atoms with Crippen LogP contribution in [0.2, 0.25) is 0 Å². The minimum absolute atomic E-state index is 0.0635. The van der Waals surface area contributed by atoms with Gasteiger partial charge in [-0.3, -0.25) is 14.6 Å². The Hall–Kier alpha value is -3.85. The highest BCUT2D eigenvalue weighted by Crippen LogP contribution is 2.36. The first-order chi connectivity index (χ1) is 20.1. The number of amides is 1. The van der Waals surface area contributed by atoms with Crippen molar-refractivity contribution in [2.24, 2.45) is 10.5 Å². The van der Waals surface area contributed by atoms with E-state index in [0.717, 1.165) is 43.5 Å². The van der Waals surface area contributed by atoms with Crippen LogP contribution in [0.3, 0.4) is 0 Å². The number of hydrogen-bond donors (Lipinski definition) is 3. The number of ketones is 1. The van der Waals surface area contributed by atoms with Gasteiger partial charge in [0, 0.05) is 36.6 Å². The quantitative estimate of drug-likeness (QED) is 0.139. The number of carbonyl (C=O) groups excluding carboxylic acids is 2. The molecule has 1 amide bonds. The predicted molar refractivity (Wildman–Crippen MR) is 168 cm³/mol. The summed E-state index contributed by atoms with van der Waals surface area (Å²) in [5, 5.41) is 23.5. The lowest BCUT2D eigenvalue weighted by molar-refractivity contribution is -0.117. The zero-order chi connectivity index (χ0) is 30.7. The molecule has 0 radical (unpaired) electrons. The molecule has 0 fully saturated rings. The summed E-state index contributed by atoms with van der Waals surface area (Å²) in [6.07, 6.45) is 5.04. The first kappa shape index (κ1) is 32.7. The Kier molecular flexibility index (Phi) is 12.0. The number of Topliss-reactive ketones (excluding diaryl/α,β-unsaturated/α-hetero) is 1. The summed E-state index contributed by atoms with van der Waals surface area (Å²) >= 11 is 0. The molecule has 0 aliphatic heterocycles. The molecule has 0 atom stereocenters. The first-order valence-corrected chi connectivity index (χ1v) is 14.6. The summed E-state index contributed by atoms with van der Waals surface area (Å²) in [5.41, 5.74) is 2.52. The number of hydrazone groups is 1. The Bertz CT molecular complexity index is 1280. The molecule has 3 rings (SSSR count). The second-order valence-electron chi connectivity index (χ2n) is 11.5. The van der Waals surface area contributed by atoms with Gasteiger partial charge in [0.1, 0.15) is 17.3 Å². The third kappa shape index (κ3) is 9.08. The Morgan fingerprint density at radius 2 is 1.69 bits per heavy atom. The summed E-state index contributed by atoms with van der Waals surface area (Å²) in [6, 6.07) is 12.8. The molecule has 0 heterocycles. The number of anilines is 1. The lowest BCUT2D eigenvalue weighted by Crippen LogP contribution is -2.29. The number of aliphatic hydroxyl groups excluding tert-OH is 1. The molecule has 0 saturated carbocycles. The molecule has 0 saturated heterocycles. The molecule has 1 aliphatic rings. The Balaban J connectivity index is 1.84. The van der Waals surface area contributed by atoms with Crippen molar-refractivity contribution in [2.45, 2.75) is 65.8 Å². The first-order valence-electron chi connectivity index (χ1n) is 14.6. The summed E-state index contributed by atoms with van der Waals surface area (Å²) in [5.74, 6) is 1.12. The minimum atomic E-state index is -0.302. The van der Waals surface area contributed by atoms with E-state index in [1.165, 1.54) is 0 Å². The predicted octanol–water partition coefficient (Wildman–Crippen LogP) is 5.80. The van der Waals surface area contributed by atoms with Crippen molar-refractivity contribution in [3.05, 3.63) is 64.9 Å². The highest BCUT2D eigenvalue weighted by Gasteiger charge is 2.34. The minimum Gasteiger partial charge on any atom is -0.511 e. The van der Waals surface area contributed by atoms with E-state index < -0.39 is 0 Å². The van der Waals surface area contributed by atoms with Gasteiger partial charge in [-0.05, 0) is 75.2 Å². The van der Waals surface area contributed by atoms with Crippen LogP contribution in [0.25, 0.3) is 0 Å². The molecule has 9 nitrogen and oxygen atoms in total. The third-order valence-corrected chi connectivity index (χ3v) is 7.37. The van der Waals surface area contributed by atoms with Crippen LogP contribution in [0.1, 0.15) is 75.2 Å². The maximum absolute atomic E-state index is 13.0. The Morgan fingerprint density at radius 3 is 2.31 bits per heavy atom. The number of benzene rings is 2. The molecule has 0 aromatic heterocycles. The number of unbranched alkanes of at least 4 members (excludes halogenated alkanes) is 3. The van der Waals surface area contributed by atoms with E-state index in [4.69, 9.17) is 14.6 Å². The number of hydrogen-bond acceptors (Lipinski definition) is 8. The summed E-state index contributed by atoms with van der Waals surface area (Å²) in [7, 11) is 5.15. The van der Waals surface area contributed by atoms with Gasteiger partial charge in [-0.2, -0.15) is 5.10 Å². The second kappa shape index (κ2) is 15.4. The number of allylic oxidation sites excluding steroid dienone is 2.